The summed E-state index contributed by atoms with van der Waals surface area (Å²) < 4.78 is 36.3. The summed E-state index contributed by atoms with van der Waals surface area (Å²) in [4.78, 5) is 20.4. The van der Waals surface area contributed by atoms with Crippen LogP contribution in [0.4, 0.5) is 0 Å². The number of aliphatic carboxylic acids is 2. The lowest BCUT2D eigenvalue weighted by Crippen LogP contribution is -2.15. The molecule has 0 amide bonds. The fraction of sp³-hybridized carbons (Fsp3) is 0.882. The maximum absolute atomic E-state index is 10.2. The highest BCUT2D eigenvalue weighted by Crippen LogP contribution is 1.86. The van der Waals surface area contributed by atoms with Crippen LogP contribution in [0.15, 0.2) is 0 Å². The molecule has 0 aliphatic carbocycles. The summed E-state index contributed by atoms with van der Waals surface area (Å²) in [6, 6.07) is 0. The van der Waals surface area contributed by atoms with E-state index in [0.717, 1.165) is 0 Å². The number of rotatable bonds is 23. The fourth-order valence-electron chi connectivity index (χ4n) is 1.64. The van der Waals surface area contributed by atoms with Crippen LogP contribution in [-0.2, 0) is 42.7 Å². The molecule has 166 valence electrons. The van der Waals surface area contributed by atoms with E-state index in [2.05, 4.69) is 0 Å². The minimum atomic E-state index is -1.00. The second-order valence-electron chi connectivity index (χ2n) is 5.26. The van der Waals surface area contributed by atoms with Gasteiger partial charge in [-0.2, -0.15) is 0 Å². The van der Waals surface area contributed by atoms with Gasteiger partial charge in [0.2, 0.25) is 0 Å². The minimum Gasteiger partial charge on any atom is -0.481 e. The van der Waals surface area contributed by atoms with E-state index in [-0.39, 0.29) is 26.2 Å². The van der Waals surface area contributed by atoms with E-state index < -0.39 is 11.9 Å². The van der Waals surface area contributed by atoms with Crippen molar-refractivity contribution in [2.75, 3.05) is 92.5 Å². The second-order valence-corrected chi connectivity index (χ2v) is 5.26. The number of hydrogen-bond donors (Lipinski definition) is 2. The van der Waals surface area contributed by atoms with Crippen molar-refractivity contribution < 1.29 is 53.0 Å². The Balaban J connectivity index is 3.01. The van der Waals surface area contributed by atoms with Crippen molar-refractivity contribution in [1.82, 2.24) is 0 Å². The molecule has 0 spiro atoms. The molecule has 0 bridgehead atoms. The van der Waals surface area contributed by atoms with Crippen LogP contribution in [0.1, 0.15) is 6.42 Å². The van der Waals surface area contributed by atoms with Gasteiger partial charge >= 0.3 is 11.9 Å². The van der Waals surface area contributed by atoms with Crippen LogP contribution in [0.5, 0.6) is 0 Å². The van der Waals surface area contributed by atoms with Crippen molar-refractivity contribution >= 4 is 11.9 Å². The molecule has 0 saturated heterocycles. The van der Waals surface area contributed by atoms with Gasteiger partial charge in [-0.05, 0) is 0 Å². The average Bonchev–Trinajstić information content (AvgIpc) is 2.65. The Morgan fingerprint density at radius 1 is 0.429 bits per heavy atom. The molecule has 2 N–H and O–H groups in total. The normalized spacial score (nSPS) is 11.0. The van der Waals surface area contributed by atoms with Crippen molar-refractivity contribution in [2.45, 2.75) is 6.42 Å². The second kappa shape index (κ2) is 22.0. The van der Waals surface area contributed by atoms with Gasteiger partial charge in [0.25, 0.3) is 0 Å². The molecule has 11 heteroatoms. The highest BCUT2D eigenvalue weighted by molar-refractivity contribution is 5.68. The molecule has 0 atom stereocenters. The summed E-state index contributed by atoms with van der Waals surface area (Å²) >= 11 is 0. The molecule has 0 fully saturated rings. The Labute approximate surface area is 164 Å². The van der Waals surface area contributed by atoms with Crippen molar-refractivity contribution in [3.05, 3.63) is 0 Å². The summed E-state index contributed by atoms with van der Waals surface area (Å²) in [5, 5.41) is 16.8. The maximum Gasteiger partial charge on any atom is 0.329 e. The zero-order valence-electron chi connectivity index (χ0n) is 16.2. The van der Waals surface area contributed by atoms with Gasteiger partial charge in [-0.3, -0.25) is 4.79 Å². The van der Waals surface area contributed by atoms with Gasteiger partial charge in [0.15, 0.2) is 0 Å². The molecular formula is C17H32O11. The number of carboxylic acid groups (broad SMARTS) is 2. The summed E-state index contributed by atoms with van der Waals surface area (Å²) in [5.41, 5.74) is 0. The lowest BCUT2D eigenvalue weighted by molar-refractivity contribution is -0.143. The maximum atomic E-state index is 10.2. The van der Waals surface area contributed by atoms with E-state index in [1.807, 2.05) is 0 Å². The molecule has 0 aromatic heterocycles. The smallest absolute Gasteiger partial charge is 0.329 e. The molecular weight excluding hydrogens is 380 g/mol. The van der Waals surface area contributed by atoms with E-state index in [1.165, 1.54) is 0 Å². The minimum absolute atomic E-state index is 0.00641. The molecule has 0 unspecified atom stereocenters. The standard InChI is InChI=1S/C17H32O11/c18-16(19)1-2-22-3-4-23-5-6-24-7-8-25-9-10-26-11-12-27-13-14-28-15-17(20)21/h1-15H2,(H,18,19)(H,20,21). The molecule has 0 aliphatic rings. The average molecular weight is 412 g/mol. The van der Waals surface area contributed by atoms with Crippen molar-refractivity contribution in [1.29, 1.82) is 0 Å². The van der Waals surface area contributed by atoms with Crippen LogP contribution < -0.4 is 0 Å². The zero-order valence-corrected chi connectivity index (χ0v) is 16.2. The Morgan fingerprint density at radius 2 is 0.714 bits per heavy atom. The Hall–Kier alpha value is -1.34. The molecule has 11 nitrogen and oxygen atoms in total. The summed E-state index contributed by atoms with van der Waals surface area (Å²) in [5.74, 6) is -1.88. The SMILES string of the molecule is O=C(O)CCOCCOCCOCCOCCOCCOCCOCC(=O)O. The predicted molar refractivity (Wildman–Crippen MR) is 95.6 cm³/mol. The van der Waals surface area contributed by atoms with Crippen LogP contribution in [0, 0.1) is 0 Å². The Bertz CT molecular complexity index is 331. The first-order valence-electron chi connectivity index (χ1n) is 9.10. The molecule has 0 aromatic carbocycles. The van der Waals surface area contributed by atoms with E-state index in [4.69, 9.17) is 43.4 Å². The summed E-state index contributed by atoms with van der Waals surface area (Å²) in [6.45, 7) is 4.72. The lowest BCUT2D eigenvalue weighted by atomic mass is 10.5. The van der Waals surface area contributed by atoms with E-state index >= 15 is 0 Å². The number of carboxylic acids is 2. The first kappa shape index (κ1) is 26.7. The van der Waals surface area contributed by atoms with Gasteiger partial charge in [0, 0.05) is 0 Å². The third-order valence-electron chi connectivity index (χ3n) is 2.92. The van der Waals surface area contributed by atoms with Gasteiger partial charge in [-0.25, -0.2) is 4.79 Å². The predicted octanol–water partition coefficient (Wildman–Crippen LogP) is -0.338. The van der Waals surface area contributed by atoms with Gasteiger partial charge in [-0.1, -0.05) is 0 Å². The molecule has 0 rings (SSSR count). The van der Waals surface area contributed by atoms with Crippen LogP contribution >= 0.6 is 0 Å². The quantitative estimate of drug-likeness (QED) is 0.213. The number of hydrogen-bond acceptors (Lipinski definition) is 9. The lowest BCUT2D eigenvalue weighted by Gasteiger charge is -2.08. The van der Waals surface area contributed by atoms with Crippen molar-refractivity contribution in [3.8, 4) is 0 Å². The number of ether oxygens (including phenoxy) is 7. The molecule has 0 radical (unpaired) electrons. The largest absolute Gasteiger partial charge is 0.481 e. The van der Waals surface area contributed by atoms with Crippen LogP contribution in [-0.4, -0.2) is 115 Å². The number of carbonyl (C=O) groups is 2. The fourth-order valence-corrected chi connectivity index (χ4v) is 1.64. The molecule has 0 saturated carbocycles. The first-order chi connectivity index (χ1) is 13.6. The van der Waals surface area contributed by atoms with Crippen LogP contribution in [0.2, 0.25) is 0 Å². The summed E-state index contributed by atoms with van der Waals surface area (Å²) in [6.07, 6.45) is -0.00641. The monoisotopic (exact) mass is 412 g/mol. The molecule has 0 heterocycles. The van der Waals surface area contributed by atoms with E-state index in [9.17, 15) is 9.59 Å². The third kappa shape index (κ3) is 24.7. The van der Waals surface area contributed by atoms with Gasteiger partial charge in [0.05, 0.1) is 92.3 Å². The highest BCUT2D eigenvalue weighted by Gasteiger charge is 1.97. The molecule has 0 aromatic rings. The van der Waals surface area contributed by atoms with Crippen molar-refractivity contribution in [2.24, 2.45) is 0 Å². The Kier molecular flexibility index (Phi) is 20.9. The Morgan fingerprint density at radius 3 is 1.00 bits per heavy atom. The highest BCUT2D eigenvalue weighted by atomic mass is 16.6. The first-order valence-corrected chi connectivity index (χ1v) is 9.10. The topological polar surface area (TPSA) is 139 Å². The molecule has 28 heavy (non-hydrogen) atoms. The van der Waals surface area contributed by atoms with Gasteiger partial charge in [-0.15, -0.1) is 0 Å². The zero-order chi connectivity index (χ0) is 20.7. The van der Waals surface area contributed by atoms with Gasteiger partial charge in [0.1, 0.15) is 6.61 Å². The van der Waals surface area contributed by atoms with Gasteiger partial charge < -0.3 is 43.4 Å². The molecule has 0 aliphatic heterocycles. The summed E-state index contributed by atoms with van der Waals surface area (Å²) in [7, 11) is 0. The van der Waals surface area contributed by atoms with Crippen LogP contribution in [0.25, 0.3) is 0 Å². The third-order valence-corrected chi connectivity index (χ3v) is 2.92. The van der Waals surface area contributed by atoms with E-state index in [0.29, 0.717) is 72.7 Å². The van der Waals surface area contributed by atoms with Crippen LogP contribution in [0.3, 0.4) is 0 Å². The van der Waals surface area contributed by atoms with E-state index in [1.54, 1.807) is 0 Å². The van der Waals surface area contributed by atoms with Crippen molar-refractivity contribution in [3.63, 3.8) is 0 Å².